The van der Waals surface area contributed by atoms with Crippen molar-refractivity contribution < 1.29 is 9.18 Å². The van der Waals surface area contributed by atoms with Gasteiger partial charge in [0.25, 0.3) is 5.91 Å². The summed E-state index contributed by atoms with van der Waals surface area (Å²) in [4.78, 5) is 20.8. The zero-order valence-corrected chi connectivity index (χ0v) is 23.4. The standard InChI is InChI=1S/C32H43FN4O/c1-22-6-5-7-26(16-22)34-21-32(4)11-15-36(20-24(32)3)12-8-25-9-13-37(14-10-25)31(38)30-19-27-28(33)17-23(2)18-29(27)35-30/h5-7,16-19,24-25,34-35H,8-15,20-21H2,1-4H3. The molecule has 0 saturated carbocycles. The van der Waals surface area contributed by atoms with Crippen LogP contribution in [0, 0.1) is 36.9 Å². The highest BCUT2D eigenvalue weighted by Gasteiger charge is 2.36. The van der Waals surface area contributed by atoms with Gasteiger partial charge in [0.15, 0.2) is 0 Å². The third kappa shape index (κ3) is 5.90. The van der Waals surface area contributed by atoms with Crippen molar-refractivity contribution in [3.8, 4) is 0 Å². The Kier molecular flexibility index (Phi) is 7.80. The lowest BCUT2D eigenvalue weighted by molar-refractivity contribution is 0.0562. The Morgan fingerprint density at radius 1 is 1.11 bits per heavy atom. The van der Waals surface area contributed by atoms with Crippen LogP contribution in [0.1, 0.15) is 61.1 Å². The molecule has 2 aliphatic rings. The molecule has 1 aromatic heterocycles. The van der Waals surface area contributed by atoms with E-state index < -0.39 is 0 Å². The molecule has 0 radical (unpaired) electrons. The SMILES string of the molecule is Cc1cccc(NCC2(C)CCN(CCC3CCN(C(=O)c4cc5c(F)cc(C)cc5[nH]4)CC3)CC2C)c1. The summed E-state index contributed by atoms with van der Waals surface area (Å²) in [7, 11) is 0. The van der Waals surface area contributed by atoms with E-state index in [1.54, 1.807) is 6.07 Å². The normalized spacial score (nSPS) is 23.2. The average molecular weight is 519 g/mol. The van der Waals surface area contributed by atoms with Crippen LogP contribution in [0.2, 0.25) is 0 Å². The van der Waals surface area contributed by atoms with Gasteiger partial charge in [-0.15, -0.1) is 0 Å². The predicted octanol–water partition coefficient (Wildman–Crippen LogP) is 6.63. The van der Waals surface area contributed by atoms with E-state index in [4.69, 9.17) is 0 Å². The topological polar surface area (TPSA) is 51.4 Å². The molecular formula is C32H43FN4O. The van der Waals surface area contributed by atoms with Crippen LogP contribution in [0.3, 0.4) is 0 Å². The van der Waals surface area contributed by atoms with Gasteiger partial charge in [-0.3, -0.25) is 4.79 Å². The van der Waals surface area contributed by atoms with E-state index in [1.807, 2.05) is 17.9 Å². The molecule has 2 unspecified atom stereocenters. The highest BCUT2D eigenvalue weighted by Crippen LogP contribution is 2.37. The summed E-state index contributed by atoms with van der Waals surface area (Å²) in [6.07, 6.45) is 4.50. The van der Waals surface area contributed by atoms with Crippen LogP contribution < -0.4 is 5.32 Å². The Morgan fingerprint density at radius 2 is 1.89 bits per heavy atom. The molecule has 2 saturated heterocycles. The Labute approximate surface area is 226 Å². The van der Waals surface area contributed by atoms with Crippen molar-refractivity contribution in [2.24, 2.45) is 17.3 Å². The smallest absolute Gasteiger partial charge is 0.270 e. The van der Waals surface area contributed by atoms with Gasteiger partial charge in [-0.25, -0.2) is 4.39 Å². The number of anilines is 1. The lowest BCUT2D eigenvalue weighted by atomic mass is 9.72. The van der Waals surface area contributed by atoms with E-state index in [1.165, 1.54) is 30.2 Å². The van der Waals surface area contributed by atoms with Gasteiger partial charge in [0, 0.05) is 42.8 Å². The number of fused-ring (bicyclic) bond motifs is 1. The molecule has 5 rings (SSSR count). The molecule has 1 amide bonds. The number of aryl methyl sites for hydroxylation is 2. The van der Waals surface area contributed by atoms with Gasteiger partial charge >= 0.3 is 0 Å². The van der Waals surface area contributed by atoms with E-state index in [-0.39, 0.29) is 11.7 Å². The maximum Gasteiger partial charge on any atom is 0.270 e. The number of hydrogen-bond donors (Lipinski definition) is 2. The van der Waals surface area contributed by atoms with E-state index >= 15 is 0 Å². The number of halogens is 1. The molecule has 3 aromatic rings. The van der Waals surface area contributed by atoms with Crippen molar-refractivity contribution in [2.75, 3.05) is 44.6 Å². The monoisotopic (exact) mass is 518 g/mol. The van der Waals surface area contributed by atoms with Gasteiger partial charge in [0.2, 0.25) is 0 Å². The molecule has 0 aliphatic carbocycles. The molecule has 0 bridgehead atoms. The largest absolute Gasteiger partial charge is 0.384 e. The number of aromatic nitrogens is 1. The van der Waals surface area contributed by atoms with E-state index in [2.05, 4.69) is 60.2 Å². The van der Waals surface area contributed by atoms with E-state index in [9.17, 15) is 9.18 Å². The number of carbonyl (C=O) groups excluding carboxylic acids is 1. The molecule has 5 nitrogen and oxygen atoms in total. The van der Waals surface area contributed by atoms with Crippen LogP contribution in [0.4, 0.5) is 10.1 Å². The van der Waals surface area contributed by atoms with Crippen LogP contribution >= 0.6 is 0 Å². The zero-order valence-electron chi connectivity index (χ0n) is 23.4. The lowest BCUT2D eigenvalue weighted by Crippen LogP contribution is -2.48. The second-order valence-electron chi connectivity index (χ2n) is 12.2. The van der Waals surface area contributed by atoms with Gasteiger partial charge in [0.05, 0.1) is 0 Å². The molecule has 204 valence electrons. The molecule has 38 heavy (non-hydrogen) atoms. The van der Waals surface area contributed by atoms with Gasteiger partial charge in [0.1, 0.15) is 11.5 Å². The first kappa shape index (κ1) is 26.7. The fourth-order valence-corrected chi connectivity index (χ4v) is 6.29. The molecule has 0 spiro atoms. The van der Waals surface area contributed by atoms with E-state index in [0.29, 0.717) is 33.8 Å². The number of aromatic amines is 1. The number of rotatable bonds is 7. The Bertz CT molecular complexity index is 1280. The van der Waals surface area contributed by atoms with Crippen molar-refractivity contribution in [3.63, 3.8) is 0 Å². The highest BCUT2D eigenvalue weighted by atomic mass is 19.1. The van der Waals surface area contributed by atoms with Crippen LogP contribution in [-0.4, -0.2) is 60.0 Å². The summed E-state index contributed by atoms with van der Waals surface area (Å²) in [6, 6.07) is 13.7. The summed E-state index contributed by atoms with van der Waals surface area (Å²) in [5, 5.41) is 4.18. The molecule has 2 N–H and O–H groups in total. The number of nitrogens with zero attached hydrogens (tertiary/aromatic N) is 2. The number of carbonyl (C=O) groups is 1. The molecular weight excluding hydrogens is 475 g/mol. The van der Waals surface area contributed by atoms with Gasteiger partial charge in [-0.1, -0.05) is 26.0 Å². The summed E-state index contributed by atoms with van der Waals surface area (Å²) in [5.41, 5.74) is 4.85. The van der Waals surface area contributed by atoms with Gasteiger partial charge < -0.3 is 20.1 Å². The van der Waals surface area contributed by atoms with Crippen molar-refractivity contribution in [1.82, 2.24) is 14.8 Å². The second kappa shape index (κ2) is 11.1. The maximum atomic E-state index is 14.3. The second-order valence-corrected chi connectivity index (χ2v) is 12.2. The Balaban J connectivity index is 1.06. The summed E-state index contributed by atoms with van der Waals surface area (Å²) >= 11 is 0. The number of benzene rings is 2. The minimum absolute atomic E-state index is 0.0138. The van der Waals surface area contributed by atoms with Crippen molar-refractivity contribution in [3.05, 3.63) is 65.1 Å². The van der Waals surface area contributed by atoms with Crippen molar-refractivity contribution >= 4 is 22.5 Å². The highest BCUT2D eigenvalue weighted by molar-refractivity contribution is 5.98. The Morgan fingerprint density at radius 3 is 2.63 bits per heavy atom. The van der Waals surface area contributed by atoms with Gasteiger partial charge in [-0.05, 0) is 111 Å². The minimum Gasteiger partial charge on any atom is -0.384 e. The number of likely N-dealkylation sites (tertiary alicyclic amines) is 2. The van der Waals surface area contributed by atoms with Crippen molar-refractivity contribution in [2.45, 2.75) is 53.4 Å². The zero-order chi connectivity index (χ0) is 26.9. The first-order chi connectivity index (χ1) is 18.2. The fourth-order valence-electron chi connectivity index (χ4n) is 6.29. The van der Waals surface area contributed by atoms with Crippen LogP contribution in [0.15, 0.2) is 42.5 Å². The fraction of sp³-hybridized carbons (Fsp3) is 0.531. The third-order valence-corrected chi connectivity index (χ3v) is 9.25. The molecule has 6 heteroatoms. The van der Waals surface area contributed by atoms with Gasteiger partial charge in [-0.2, -0.15) is 0 Å². The van der Waals surface area contributed by atoms with Crippen LogP contribution in [0.5, 0.6) is 0 Å². The number of piperidine rings is 2. The molecule has 2 atom stereocenters. The maximum absolute atomic E-state index is 14.3. The third-order valence-electron chi connectivity index (χ3n) is 9.25. The van der Waals surface area contributed by atoms with Crippen LogP contribution in [-0.2, 0) is 0 Å². The number of hydrogen-bond acceptors (Lipinski definition) is 3. The number of H-pyrrole nitrogens is 1. The molecule has 2 aliphatic heterocycles. The number of nitrogens with one attached hydrogen (secondary N) is 2. The molecule has 2 fully saturated rings. The summed E-state index contributed by atoms with van der Waals surface area (Å²) in [6.45, 7) is 14.9. The first-order valence-electron chi connectivity index (χ1n) is 14.3. The lowest BCUT2D eigenvalue weighted by Gasteiger charge is -2.45. The predicted molar refractivity (Wildman–Crippen MR) is 154 cm³/mol. The van der Waals surface area contributed by atoms with Crippen LogP contribution in [0.25, 0.3) is 10.9 Å². The van der Waals surface area contributed by atoms with Crippen molar-refractivity contribution in [1.29, 1.82) is 0 Å². The Hall–Kier alpha value is -2.86. The molecule has 3 heterocycles. The number of amides is 1. The first-order valence-corrected chi connectivity index (χ1v) is 14.3. The quantitative estimate of drug-likeness (QED) is 0.369. The minimum atomic E-state index is -0.274. The average Bonchev–Trinajstić information content (AvgIpc) is 3.33. The summed E-state index contributed by atoms with van der Waals surface area (Å²) < 4.78 is 14.3. The van der Waals surface area contributed by atoms with E-state index in [0.717, 1.165) is 57.7 Å². The summed E-state index contributed by atoms with van der Waals surface area (Å²) in [5.74, 6) is 1.01. The molecule has 2 aromatic carbocycles.